The minimum atomic E-state index is -1.44. The Morgan fingerprint density at radius 2 is 2.15 bits per heavy atom. The van der Waals surface area contributed by atoms with Gasteiger partial charge in [0.2, 0.25) is 0 Å². The van der Waals surface area contributed by atoms with Gasteiger partial charge in [0.15, 0.2) is 17.7 Å². The van der Waals surface area contributed by atoms with Crippen LogP contribution in [0.15, 0.2) is 4.99 Å². The molecule has 1 aliphatic rings. The number of hydrogen-bond donors (Lipinski definition) is 2. The molecule has 1 fully saturated rings. The molecule has 0 aromatic heterocycles. The van der Waals surface area contributed by atoms with Crippen molar-refractivity contribution in [1.82, 2.24) is 0 Å². The zero-order chi connectivity index (χ0) is 10.0. The number of ketones is 2. The van der Waals surface area contributed by atoms with E-state index in [0.29, 0.717) is 6.42 Å². The molecule has 1 unspecified atom stereocenters. The highest BCUT2D eigenvalue weighted by Crippen LogP contribution is 2.22. The van der Waals surface area contributed by atoms with Gasteiger partial charge in [-0.2, -0.15) is 0 Å². The standard InChI is InChI=1S/C8H12N2O3/c1-10-3-2-4(9)5-6(11)8(13)7(5)12/h3-5,8,13H,2,9H2,1H3. The van der Waals surface area contributed by atoms with E-state index in [9.17, 15) is 9.59 Å². The average Bonchev–Trinajstić information content (AvgIpc) is 2.14. The van der Waals surface area contributed by atoms with E-state index in [1.165, 1.54) is 0 Å². The first-order valence-corrected chi connectivity index (χ1v) is 4.01. The van der Waals surface area contributed by atoms with Gasteiger partial charge in [-0.15, -0.1) is 0 Å². The van der Waals surface area contributed by atoms with Crippen LogP contribution < -0.4 is 5.73 Å². The summed E-state index contributed by atoms with van der Waals surface area (Å²) in [6.45, 7) is 0. The summed E-state index contributed by atoms with van der Waals surface area (Å²) in [5, 5.41) is 8.84. The Hall–Kier alpha value is -1.07. The Morgan fingerprint density at radius 3 is 2.62 bits per heavy atom. The fraction of sp³-hybridized carbons (Fsp3) is 0.625. The highest BCUT2D eigenvalue weighted by atomic mass is 16.3. The Kier molecular flexibility index (Phi) is 2.90. The van der Waals surface area contributed by atoms with Gasteiger partial charge < -0.3 is 15.8 Å². The van der Waals surface area contributed by atoms with Crippen molar-refractivity contribution in [3.63, 3.8) is 0 Å². The van der Waals surface area contributed by atoms with Gasteiger partial charge in [0.1, 0.15) is 0 Å². The second-order valence-electron chi connectivity index (χ2n) is 3.03. The Labute approximate surface area is 75.6 Å². The molecule has 1 aliphatic carbocycles. The number of hydrogen-bond acceptors (Lipinski definition) is 5. The fourth-order valence-corrected chi connectivity index (χ4v) is 1.31. The highest BCUT2D eigenvalue weighted by Gasteiger charge is 2.50. The summed E-state index contributed by atoms with van der Waals surface area (Å²) < 4.78 is 0. The first kappa shape index (κ1) is 10.0. The third kappa shape index (κ3) is 1.66. The second-order valence-corrected chi connectivity index (χ2v) is 3.03. The summed E-state index contributed by atoms with van der Waals surface area (Å²) >= 11 is 0. The predicted molar refractivity (Wildman–Crippen MR) is 46.5 cm³/mol. The maximum atomic E-state index is 11.0. The van der Waals surface area contributed by atoms with Gasteiger partial charge >= 0.3 is 0 Å². The zero-order valence-electron chi connectivity index (χ0n) is 7.30. The summed E-state index contributed by atoms with van der Waals surface area (Å²) in [4.78, 5) is 25.7. The molecule has 0 aromatic carbocycles. The van der Waals surface area contributed by atoms with Crippen molar-refractivity contribution < 1.29 is 14.7 Å². The summed E-state index contributed by atoms with van der Waals surface area (Å²) in [7, 11) is 1.59. The van der Waals surface area contributed by atoms with Crippen molar-refractivity contribution in [2.75, 3.05) is 7.05 Å². The van der Waals surface area contributed by atoms with Crippen LogP contribution in [0, 0.1) is 5.92 Å². The van der Waals surface area contributed by atoms with Crippen molar-refractivity contribution in [3.8, 4) is 0 Å². The molecule has 1 saturated carbocycles. The van der Waals surface area contributed by atoms with Gasteiger partial charge in [-0.25, -0.2) is 0 Å². The van der Waals surface area contributed by atoms with E-state index in [1.807, 2.05) is 0 Å². The van der Waals surface area contributed by atoms with Gasteiger partial charge in [-0.1, -0.05) is 0 Å². The Balaban J connectivity index is 2.54. The third-order valence-electron chi connectivity index (χ3n) is 2.14. The van der Waals surface area contributed by atoms with E-state index in [-0.39, 0.29) is 0 Å². The van der Waals surface area contributed by atoms with Crippen molar-refractivity contribution in [2.24, 2.45) is 16.6 Å². The minimum absolute atomic E-state index is 0.380. The quantitative estimate of drug-likeness (QED) is 0.414. The van der Waals surface area contributed by atoms with Crippen LogP contribution in [0.2, 0.25) is 0 Å². The molecular formula is C8H12N2O3. The third-order valence-corrected chi connectivity index (χ3v) is 2.14. The lowest BCUT2D eigenvalue weighted by molar-refractivity contribution is -0.158. The van der Waals surface area contributed by atoms with Crippen LogP contribution in [0.1, 0.15) is 6.42 Å². The van der Waals surface area contributed by atoms with Crippen LogP contribution in [0.5, 0.6) is 0 Å². The van der Waals surface area contributed by atoms with Gasteiger partial charge in [0.25, 0.3) is 0 Å². The first-order chi connectivity index (χ1) is 6.09. The molecule has 1 atom stereocenters. The zero-order valence-corrected chi connectivity index (χ0v) is 7.30. The number of nitrogens with two attached hydrogens (primary N) is 1. The molecule has 0 radical (unpaired) electrons. The molecular weight excluding hydrogens is 172 g/mol. The van der Waals surface area contributed by atoms with Crippen molar-refractivity contribution in [3.05, 3.63) is 0 Å². The predicted octanol–water partition coefficient (Wildman–Crippen LogP) is -1.47. The van der Waals surface area contributed by atoms with Crippen LogP contribution >= 0.6 is 0 Å². The SMILES string of the molecule is CN=CCC(N)C1C(=O)C(O)C1=O. The van der Waals surface area contributed by atoms with Gasteiger partial charge in [-0.05, 0) is 12.6 Å². The van der Waals surface area contributed by atoms with Crippen molar-refractivity contribution >= 4 is 17.8 Å². The number of aliphatic imine (C=N–C) groups is 1. The van der Waals surface area contributed by atoms with Gasteiger partial charge in [0, 0.05) is 13.1 Å². The van der Waals surface area contributed by atoms with E-state index in [1.54, 1.807) is 13.3 Å². The molecule has 0 amide bonds. The number of nitrogens with zero attached hydrogens (tertiary/aromatic N) is 1. The molecule has 0 aromatic rings. The molecule has 72 valence electrons. The number of carbonyl (C=O) groups excluding carboxylic acids is 2. The van der Waals surface area contributed by atoms with Crippen LogP contribution in [0.25, 0.3) is 0 Å². The van der Waals surface area contributed by atoms with E-state index < -0.39 is 29.6 Å². The maximum Gasteiger partial charge on any atom is 0.181 e. The van der Waals surface area contributed by atoms with Crippen LogP contribution in [-0.4, -0.2) is 42.1 Å². The minimum Gasteiger partial charge on any atom is -0.378 e. The lowest BCUT2D eigenvalue weighted by Crippen LogP contribution is -2.59. The van der Waals surface area contributed by atoms with Crippen LogP contribution in [0.4, 0.5) is 0 Å². The topological polar surface area (TPSA) is 92.8 Å². The average molecular weight is 184 g/mol. The number of aliphatic hydroxyl groups excluding tert-OH is 1. The number of aliphatic hydroxyl groups is 1. The van der Waals surface area contributed by atoms with Gasteiger partial charge in [-0.3, -0.25) is 9.59 Å². The normalized spacial score (nSPS) is 30.7. The molecule has 13 heavy (non-hydrogen) atoms. The van der Waals surface area contributed by atoms with Crippen molar-refractivity contribution in [2.45, 2.75) is 18.6 Å². The molecule has 0 saturated heterocycles. The van der Waals surface area contributed by atoms with E-state index in [0.717, 1.165) is 0 Å². The molecule has 1 rings (SSSR count). The molecule has 0 aliphatic heterocycles. The first-order valence-electron chi connectivity index (χ1n) is 4.01. The summed E-state index contributed by atoms with van der Waals surface area (Å²) in [6, 6.07) is -0.549. The van der Waals surface area contributed by atoms with E-state index >= 15 is 0 Å². The lowest BCUT2D eigenvalue weighted by atomic mass is 9.74. The summed E-state index contributed by atoms with van der Waals surface area (Å²) in [5.74, 6) is -1.77. The highest BCUT2D eigenvalue weighted by molar-refractivity contribution is 6.26. The summed E-state index contributed by atoms with van der Waals surface area (Å²) in [5.41, 5.74) is 5.56. The molecule has 3 N–H and O–H groups in total. The second kappa shape index (κ2) is 3.76. The Morgan fingerprint density at radius 1 is 1.62 bits per heavy atom. The molecule has 0 bridgehead atoms. The molecule has 0 heterocycles. The Bertz CT molecular complexity index is 246. The van der Waals surface area contributed by atoms with Crippen LogP contribution in [0.3, 0.4) is 0 Å². The smallest absolute Gasteiger partial charge is 0.181 e. The maximum absolute atomic E-state index is 11.0. The number of carbonyl (C=O) groups is 2. The van der Waals surface area contributed by atoms with E-state index in [2.05, 4.69) is 4.99 Å². The van der Waals surface area contributed by atoms with Crippen LogP contribution in [-0.2, 0) is 9.59 Å². The summed E-state index contributed by atoms with van der Waals surface area (Å²) in [6.07, 6.45) is 0.496. The monoisotopic (exact) mass is 184 g/mol. The van der Waals surface area contributed by atoms with E-state index in [4.69, 9.17) is 10.8 Å². The van der Waals surface area contributed by atoms with Gasteiger partial charge in [0.05, 0.1) is 5.92 Å². The number of Topliss-reactive ketones (excluding diaryl/α,β-unsaturated/α-hetero) is 2. The largest absolute Gasteiger partial charge is 0.378 e. The van der Waals surface area contributed by atoms with Crippen molar-refractivity contribution in [1.29, 1.82) is 0 Å². The molecule has 0 spiro atoms. The number of rotatable bonds is 3. The fourth-order valence-electron chi connectivity index (χ4n) is 1.31. The lowest BCUT2D eigenvalue weighted by Gasteiger charge is -2.31. The molecule has 5 nitrogen and oxygen atoms in total. The molecule has 5 heteroatoms.